The Labute approximate surface area is 228 Å². The Hall–Kier alpha value is -3.65. The van der Waals surface area contributed by atoms with E-state index >= 15 is 0 Å². The summed E-state index contributed by atoms with van der Waals surface area (Å²) in [5, 5.41) is 12.2. The van der Waals surface area contributed by atoms with E-state index in [-0.39, 0.29) is 22.6 Å². The second kappa shape index (κ2) is 10.2. The molecule has 6 rings (SSSR count). The molecule has 1 saturated carbocycles. The van der Waals surface area contributed by atoms with E-state index in [1.165, 1.54) is 17.4 Å². The van der Waals surface area contributed by atoms with Crippen LogP contribution < -0.4 is 9.93 Å². The summed E-state index contributed by atoms with van der Waals surface area (Å²) < 4.78 is 34.2. The molecule has 0 radical (unpaired) electrons. The summed E-state index contributed by atoms with van der Waals surface area (Å²) in [4.78, 5) is 17.7. The van der Waals surface area contributed by atoms with Crippen LogP contribution in [0.15, 0.2) is 74.9 Å². The number of aromatic nitrogens is 1. The molecule has 2 aromatic carbocycles. The smallest absolute Gasteiger partial charge is 0.343 e. The summed E-state index contributed by atoms with van der Waals surface area (Å²) in [6.07, 6.45) is 7.28. The van der Waals surface area contributed by atoms with E-state index in [0.29, 0.717) is 35.4 Å². The van der Waals surface area contributed by atoms with Crippen molar-refractivity contribution >= 4 is 26.6 Å². The van der Waals surface area contributed by atoms with Gasteiger partial charge in [-0.1, -0.05) is 43.2 Å². The lowest BCUT2D eigenvalue weighted by atomic mass is 9.85. The highest BCUT2D eigenvalue weighted by Gasteiger charge is 2.39. The molecule has 1 unspecified atom stereocenters. The van der Waals surface area contributed by atoms with Crippen molar-refractivity contribution in [3.63, 3.8) is 0 Å². The van der Waals surface area contributed by atoms with E-state index in [1.807, 2.05) is 24.3 Å². The van der Waals surface area contributed by atoms with Crippen LogP contribution >= 0.6 is 0 Å². The second-order valence-electron chi connectivity index (χ2n) is 10.7. The highest BCUT2D eigenvalue weighted by molar-refractivity contribution is 7.92. The minimum atomic E-state index is -3.94. The molecule has 2 aliphatic rings. The lowest BCUT2D eigenvalue weighted by Gasteiger charge is -2.24. The molecule has 7 nitrogen and oxygen atoms in total. The van der Waals surface area contributed by atoms with Gasteiger partial charge < -0.3 is 9.52 Å². The zero-order chi connectivity index (χ0) is 27.1. The van der Waals surface area contributed by atoms with E-state index in [0.717, 1.165) is 55.0 Å². The van der Waals surface area contributed by atoms with Crippen molar-refractivity contribution in [3.8, 4) is 5.75 Å². The van der Waals surface area contributed by atoms with Gasteiger partial charge in [-0.2, -0.15) is 8.42 Å². The molecule has 2 aliphatic carbocycles. The summed E-state index contributed by atoms with van der Waals surface area (Å²) in [6.45, 7) is 0. The molecule has 0 saturated heterocycles. The number of rotatable bonds is 6. The first-order chi connectivity index (χ1) is 18.8. The molecule has 0 aliphatic heterocycles. The summed E-state index contributed by atoms with van der Waals surface area (Å²) in [7, 11) is -2.43. The van der Waals surface area contributed by atoms with Crippen LogP contribution in [0.2, 0.25) is 0 Å². The molecule has 8 heteroatoms. The number of pyridine rings is 1. The number of para-hydroxylation sites is 1. The summed E-state index contributed by atoms with van der Waals surface area (Å²) in [5.41, 5.74) is 2.43. The fraction of sp³-hybridized carbons (Fsp3) is 0.355. The van der Waals surface area contributed by atoms with Gasteiger partial charge in [0.05, 0.1) is 16.8 Å². The number of sulfonamides is 1. The Morgan fingerprint density at radius 3 is 2.54 bits per heavy atom. The van der Waals surface area contributed by atoms with Gasteiger partial charge in [0.25, 0.3) is 10.0 Å². The minimum absolute atomic E-state index is 0.0344. The molecule has 2 heterocycles. The van der Waals surface area contributed by atoms with Crippen molar-refractivity contribution in [2.75, 3.05) is 11.4 Å². The standard InChI is InChI=1S/C31H32N2O5S/c1-33(39(36,37)27-18-17-20-9-6-7-13-25(20)32-27)23-11-8-10-22(19-23)28(21-15-16-21)29-30(34)24-12-4-2-3-5-14-26(24)38-31(29)35/h6-11,13,17-19,21,28,34H,2-5,12,14-16H2,1H3. The lowest BCUT2D eigenvalue weighted by molar-refractivity contribution is 0.382. The van der Waals surface area contributed by atoms with Crippen molar-refractivity contribution in [1.29, 1.82) is 0 Å². The van der Waals surface area contributed by atoms with Crippen molar-refractivity contribution in [1.82, 2.24) is 4.98 Å². The maximum atomic E-state index is 13.6. The first kappa shape index (κ1) is 25.6. The van der Waals surface area contributed by atoms with Gasteiger partial charge in [-0.3, -0.25) is 4.31 Å². The molecular formula is C31H32N2O5S. The highest BCUT2D eigenvalue weighted by atomic mass is 32.2. The van der Waals surface area contributed by atoms with Gasteiger partial charge in [0.2, 0.25) is 0 Å². The summed E-state index contributed by atoms with van der Waals surface area (Å²) in [6, 6.07) is 17.9. The normalized spacial score (nSPS) is 16.7. The fourth-order valence-electron chi connectivity index (χ4n) is 5.78. The largest absolute Gasteiger partial charge is 0.507 e. The Morgan fingerprint density at radius 1 is 0.974 bits per heavy atom. The van der Waals surface area contributed by atoms with E-state index in [4.69, 9.17) is 4.42 Å². The van der Waals surface area contributed by atoms with E-state index in [2.05, 4.69) is 4.98 Å². The third kappa shape index (κ3) is 4.82. The third-order valence-corrected chi connectivity index (χ3v) is 9.78. The van der Waals surface area contributed by atoms with Gasteiger partial charge in [0, 0.05) is 30.3 Å². The molecule has 2 aromatic heterocycles. The van der Waals surface area contributed by atoms with Crippen molar-refractivity contribution in [3.05, 3.63) is 93.5 Å². The molecule has 1 N–H and O–H groups in total. The van der Waals surface area contributed by atoms with Gasteiger partial charge in [-0.25, -0.2) is 9.78 Å². The summed E-state index contributed by atoms with van der Waals surface area (Å²) >= 11 is 0. The molecule has 202 valence electrons. The predicted molar refractivity (Wildman–Crippen MR) is 151 cm³/mol. The average Bonchev–Trinajstić information content (AvgIpc) is 3.76. The van der Waals surface area contributed by atoms with Crippen molar-refractivity contribution < 1.29 is 17.9 Å². The Morgan fingerprint density at radius 2 is 1.74 bits per heavy atom. The Balaban J connectivity index is 1.39. The number of fused-ring (bicyclic) bond motifs is 2. The lowest BCUT2D eigenvalue weighted by Crippen LogP contribution is -2.27. The Kier molecular flexibility index (Phi) is 6.67. The minimum Gasteiger partial charge on any atom is -0.507 e. The fourth-order valence-corrected chi connectivity index (χ4v) is 6.91. The SMILES string of the molecule is CN(c1cccc(C(c2c(O)c3c(oc2=O)CCCCCC3)C2CC2)c1)S(=O)(=O)c1ccc2ccccc2n1. The van der Waals surface area contributed by atoms with Gasteiger partial charge in [0.1, 0.15) is 11.5 Å². The van der Waals surface area contributed by atoms with Crippen LogP contribution in [0.3, 0.4) is 0 Å². The van der Waals surface area contributed by atoms with Gasteiger partial charge in [-0.05, 0) is 73.9 Å². The molecule has 4 aromatic rings. The van der Waals surface area contributed by atoms with Crippen LogP contribution in [0.25, 0.3) is 10.9 Å². The van der Waals surface area contributed by atoms with E-state index in [9.17, 15) is 18.3 Å². The van der Waals surface area contributed by atoms with Crippen LogP contribution in [0.4, 0.5) is 5.69 Å². The Bertz CT molecular complexity index is 1710. The summed E-state index contributed by atoms with van der Waals surface area (Å²) in [5.74, 6) is 0.487. The molecule has 0 amide bonds. The van der Waals surface area contributed by atoms with Crippen molar-refractivity contribution in [2.45, 2.75) is 62.3 Å². The number of hydrogen-bond acceptors (Lipinski definition) is 6. The third-order valence-electron chi connectivity index (χ3n) is 8.09. The van der Waals surface area contributed by atoms with Crippen molar-refractivity contribution in [2.24, 2.45) is 5.92 Å². The molecular weight excluding hydrogens is 512 g/mol. The number of anilines is 1. The first-order valence-corrected chi connectivity index (χ1v) is 15.1. The number of hydrogen-bond donors (Lipinski definition) is 1. The van der Waals surface area contributed by atoms with Crippen LogP contribution in [-0.4, -0.2) is 25.6 Å². The number of benzene rings is 2. The van der Waals surface area contributed by atoms with Gasteiger partial charge >= 0.3 is 5.63 Å². The van der Waals surface area contributed by atoms with Gasteiger partial charge in [-0.15, -0.1) is 0 Å². The van der Waals surface area contributed by atoms with Crippen LogP contribution in [0.1, 0.15) is 66.9 Å². The quantitative estimate of drug-likeness (QED) is 0.323. The topological polar surface area (TPSA) is 101 Å². The van der Waals surface area contributed by atoms with Gasteiger partial charge in [0.15, 0.2) is 5.03 Å². The predicted octanol–water partition coefficient (Wildman–Crippen LogP) is 5.92. The number of aryl methyl sites for hydroxylation is 1. The van der Waals surface area contributed by atoms with E-state index in [1.54, 1.807) is 30.3 Å². The molecule has 39 heavy (non-hydrogen) atoms. The zero-order valence-electron chi connectivity index (χ0n) is 22.0. The van der Waals surface area contributed by atoms with Crippen LogP contribution in [-0.2, 0) is 22.9 Å². The monoisotopic (exact) mass is 544 g/mol. The maximum Gasteiger partial charge on any atom is 0.343 e. The van der Waals surface area contributed by atoms with Crippen LogP contribution in [0, 0.1) is 5.92 Å². The zero-order valence-corrected chi connectivity index (χ0v) is 22.8. The molecule has 0 spiro atoms. The van der Waals surface area contributed by atoms with E-state index < -0.39 is 15.6 Å². The number of nitrogens with zero attached hydrogens (tertiary/aromatic N) is 2. The average molecular weight is 545 g/mol. The second-order valence-corrected chi connectivity index (χ2v) is 12.6. The van der Waals surface area contributed by atoms with Crippen LogP contribution in [0.5, 0.6) is 5.75 Å². The molecule has 1 fully saturated rings. The maximum absolute atomic E-state index is 13.6. The highest BCUT2D eigenvalue weighted by Crippen LogP contribution is 2.49. The molecule has 1 atom stereocenters. The number of aromatic hydroxyl groups is 1. The molecule has 0 bridgehead atoms. The first-order valence-electron chi connectivity index (χ1n) is 13.7.